The van der Waals surface area contributed by atoms with Gasteiger partial charge in [-0.3, -0.25) is 9.59 Å². The van der Waals surface area contributed by atoms with Crippen LogP contribution in [0.15, 0.2) is 72.9 Å². The molecule has 1 aromatic heterocycles. The summed E-state index contributed by atoms with van der Waals surface area (Å²) in [5, 5.41) is 4.47. The number of rotatable bonds is 6. The van der Waals surface area contributed by atoms with E-state index in [1.54, 1.807) is 24.1 Å². The maximum absolute atomic E-state index is 14.0. The third-order valence-electron chi connectivity index (χ3n) is 6.58. The van der Waals surface area contributed by atoms with Crippen LogP contribution in [-0.4, -0.2) is 42.0 Å². The molecule has 0 spiro atoms. The van der Waals surface area contributed by atoms with Crippen LogP contribution in [0.2, 0.25) is 5.02 Å². The van der Waals surface area contributed by atoms with Gasteiger partial charge in [0.05, 0.1) is 29.3 Å². The second-order valence-corrected chi connectivity index (χ2v) is 9.17. The molecule has 3 aromatic carbocycles. The highest BCUT2D eigenvalue weighted by molar-refractivity contribution is 6.33. The molecule has 2 N–H and O–H groups in total. The summed E-state index contributed by atoms with van der Waals surface area (Å²) in [6, 6.07) is 20.2. The zero-order valence-corrected chi connectivity index (χ0v) is 20.3. The normalized spacial score (nSPS) is 17.5. The first kappa shape index (κ1) is 23.1. The van der Waals surface area contributed by atoms with E-state index in [1.807, 2.05) is 67.7 Å². The minimum absolute atomic E-state index is 0.120. The molecule has 2 heterocycles. The number of ether oxygens (including phenoxy) is 1. The standard InChI is InChI=1S/C28H26ClN3O3/c1-17-11-12-24(22(29)15-17)31-27(33)25-19-8-3-4-9-20(19)28(34)32(13-14-35-2)26(25)21-16-30-23-10-6-5-7-18(21)23/h3-12,15-16,25-26,30H,13-14H2,1-2H3,(H,31,33)/t25-,26+/m1/s1. The Hall–Kier alpha value is -3.61. The monoisotopic (exact) mass is 487 g/mol. The molecule has 0 saturated carbocycles. The van der Waals surface area contributed by atoms with Crippen LogP contribution in [0.1, 0.15) is 39.0 Å². The van der Waals surface area contributed by atoms with Crippen LogP contribution in [0, 0.1) is 6.92 Å². The molecule has 178 valence electrons. The molecular formula is C28H26ClN3O3. The number of anilines is 1. The second kappa shape index (κ2) is 9.56. The van der Waals surface area contributed by atoms with Crippen molar-refractivity contribution >= 4 is 40.0 Å². The van der Waals surface area contributed by atoms with Gasteiger partial charge in [0.15, 0.2) is 0 Å². The number of hydrogen-bond donors (Lipinski definition) is 2. The lowest BCUT2D eigenvalue weighted by Crippen LogP contribution is -2.47. The summed E-state index contributed by atoms with van der Waals surface area (Å²) >= 11 is 6.45. The van der Waals surface area contributed by atoms with Crippen LogP contribution in [0.25, 0.3) is 10.9 Å². The minimum Gasteiger partial charge on any atom is -0.383 e. The lowest BCUT2D eigenvalue weighted by Gasteiger charge is -2.41. The van der Waals surface area contributed by atoms with Gasteiger partial charge in [0.25, 0.3) is 5.91 Å². The van der Waals surface area contributed by atoms with Crippen molar-refractivity contribution in [3.05, 3.63) is 100 Å². The van der Waals surface area contributed by atoms with E-state index in [0.29, 0.717) is 35.0 Å². The van der Waals surface area contributed by atoms with E-state index < -0.39 is 12.0 Å². The number of H-pyrrole nitrogens is 1. The van der Waals surface area contributed by atoms with Crippen molar-refractivity contribution in [2.45, 2.75) is 18.9 Å². The number of para-hydroxylation sites is 1. The number of fused-ring (bicyclic) bond motifs is 2. The van der Waals surface area contributed by atoms with Crippen molar-refractivity contribution in [3.8, 4) is 0 Å². The predicted molar refractivity (Wildman–Crippen MR) is 138 cm³/mol. The maximum Gasteiger partial charge on any atom is 0.254 e. The van der Waals surface area contributed by atoms with Gasteiger partial charge in [-0.25, -0.2) is 0 Å². The van der Waals surface area contributed by atoms with Crippen molar-refractivity contribution in [2.75, 3.05) is 25.6 Å². The Kier molecular flexibility index (Phi) is 6.32. The Morgan fingerprint density at radius 1 is 1.09 bits per heavy atom. The third-order valence-corrected chi connectivity index (χ3v) is 6.89. The summed E-state index contributed by atoms with van der Waals surface area (Å²) in [7, 11) is 1.60. The van der Waals surface area contributed by atoms with Gasteiger partial charge < -0.3 is 19.9 Å². The molecule has 1 aliphatic heterocycles. The number of nitrogens with one attached hydrogen (secondary N) is 2. The first-order chi connectivity index (χ1) is 17.0. The fourth-order valence-electron chi connectivity index (χ4n) is 4.93. The smallest absolute Gasteiger partial charge is 0.254 e. The molecule has 7 heteroatoms. The molecule has 0 bridgehead atoms. The van der Waals surface area contributed by atoms with E-state index in [9.17, 15) is 9.59 Å². The number of carbonyl (C=O) groups is 2. The number of halogens is 1. The molecule has 35 heavy (non-hydrogen) atoms. The van der Waals surface area contributed by atoms with Gasteiger partial charge in [-0.05, 0) is 42.3 Å². The van der Waals surface area contributed by atoms with Gasteiger partial charge in [-0.1, -0.05) is 54.1 Å². The van der Waals surface area contributed by atoms with Crippen molar-refractivity contribution in [2.24, 2.45) is 0 Å². The molecule has 5 rings (SSSR count). The van der Waals surface area contributed by atoms with Crippen molar-refractivity contribution in [1.29, 1.82) is 0 Å². The summed E-state index contributed by atoms with van der Waals surface area (Å²) < 4.78 is 5.33. The Morgan fingerprint density at radius 3 is 2.66 bits per heavy atom. The fraction of sp³-hybridized carbons (Fsp3) is 0.214. The van der Waals surface area contributed by atoms with Crippen LogP contribution in [0.4, 0.5) is 5.69 Å². The Bertz CT molecular complexity index is 1410. The third kappa shape index (κ3) is 4.20. The average molecular weight is 488 g/mol. The largest absolute Gasteiger partial charge is 0.383 e. The van der Waals surface area contributed by atoms with Gasteiger partial charge in [0.1, 0.15) is 0 Å². The highest BCUT2D eigenvalue weighted by atomic mass is 35.5. The summed E-state index contributed by atoms with van der Waals surface area (Å²) in [4.78, 5) is 32.7. The number of aromatic nitrogens is 1. The number of amides is 2. The van der Waals surface area contributed by atoms with Crippen molar-refractivity contribution in [1.82, 2.24) is 9.88 Å². The highest BCUT2D eigenvalue weighted by Gasteiger charge is 2.44. The van der Waals surface area contributed by atoms with E-state index in [2.05, 4.69) is 10.3 Å². The van der Waals surface area contributed by atoms with Gasteiger partial charge >= 0.3 is 0 Å². The number of hydrogen-bond acceptors (Lipinski definition) is 3. The number of carbonyl (C=O) groups excluding carboxylic acids is 2. The summed E-state index contributed by atoms with van der Waals surface area (Å²) in [5.74, 6) is -1.00. The molecule has 2 amide bonds. The van der Waals surface area contributed by atoms with E-state index >= 15 is 0 Å². The van der Waals surface area contributed by atoms with Crippen LogP contribution < -0.4 is 5.32 Å². The van der Waals surface area contributed by atoms with Gasteiger partial charge in [0.2, 0.25) is 5.91 Å². The lowest BCUT2D eigenvalue weighted by atomic mass is 9.79. The summed E-state index contributed by atoms with van der Waals surface area (Å²) in [6.45, 7) is 2.65. The first-order valence-corrected chi connectivity index (χ1v) is 11.9. The quantitative estimate of drug-likeness (QED) is 0.366. The van der Waals surface area contributed by atoms with Gasteiger partial charge in [-0.15, -0.1) is 0 Å². The molecule has 4 aromatic rings. The lowest BCUT2D eigenvalue weighted by molar-refractivity contribution is -0.119. The molecule has 0 aliphatic carbocycles. The SMILES string of the molecule is COCCN1C(=O)c2ccccc2[C@@H](C(=O)Nc2ccc(C)cc2Cl)[C@@H]1c1c[nH]c2ccccc12. The van der Waals surface area contributed by atoms with Crippen LogP contribution in [-0.2, 0) is 9.53 Å². The second-order valence-electron chi connectivity index (χ2n) is 8.76. The zero-order chi connectivity index (χ0) is 24.5. The predicted octanol–water partition coefficient (Wildman–Crippen LogP) is 5.70. The molecular weight excluding hydrogens is 462 g/mol. The number of aromatic amines is 1. The molecule has 1 aliphatic rings. The molecule has 2 atom stereocenters. The summed E-state index contributed by atoms with van der Waals surface area (Å²) in [5.41, 5.74) is 4.59. The van der Waals surface area contributed by atoms with Crippen molar-refractivity contribution < 1.29 is 14.3 Å². The number of methoxy groups -OCH3 is 1. The average Bonchev–Trinajstić information content (AvgIpc) is 3.29. The fourth-order valence-corrected chi connectivity index (χ4v) is 5.21. The minimum atomic E-state index is -0.655. The number of benzene rings is 3. The van der Waals surface area contributed by atoms with E-state index in [0.717, 1.165) is 22.0 Å². The molecule has 0 fully saturated rings. The molecule has 0 radical (unpaired) electrons. The molecule has 6 nitrogen and oxygen atoms in total. The van der Waals surface area contributed by atoms with Crippen molar-refractivity contribution in [3.63, 3.8) is 0 Å². The first-order valence-electron chi connectivity index (χ1n) is 11.5. The Balaban J connectivity index is 1.67. The molecule has 0 saturated heterocycles. The van der Waals surface area contributed by atoms with Gasteiger partial charge in [0, 0.05) is 41.9 Å². The number of nitrogens with zero attached hydrogens (tertiary/aromatic N) is 1. The van der Waals surface area contributed by atoms with Gasteiger partial charge in [-0.2, -0.15) is 0 Å². The van der Waals surface area contributed by atoms with E-state index in [4.69, 9.17) is 16.3 Å². The maximum atomic E-state index is 14.0. The van der Waals surface area contributed by atoms with Crippen LogP contribution >= 0.6 is 11.6 Å². The summed E-state index contributed by atoms with van der Waals surface area (Å²) in [6.07, 6.45) is 1.90. The number of aryl methyl sites for hydroxylation is 1. The highest BCUT2D eigenvalue weighted by Crippen LogP contribution is 2.45. The topological polar surface area (TPSA) is 74.4 Å². The van der Waals surface area contributed by atoms with Crippen LogP contribution in [0.5, 0.6) is 0 Å². The Morgan fingerprint density at radius 2 is 1.86 bits per heavy atom. The zero-order valence-electron chi connectivity index (χ0n) is 19.5. The Labute approximate surface area is 208 Å². The van der Waals surface area contributed by atoms with E-state index in [-0.39, 0.29) is 11.8 Å². The van der Waals surface area contributed by atoms with E-state index in [1.165, 1.54) is 0 Å². The van der Waals surface area contributed by atoms with Crippen LogP contribution in [0.3, 0.4) is 0 Å². The molecule has 0 unspecified atom stereocenters.